The quantitative estimate of drug-likeness (QED) is 0.850. The molecular weight excluding hydrogens is 305 g/mol. The predicted molar refractivity (Wildman–Crippen MR) is 73.4 cm³/mol. The molecule has 102 valence electrons. The van der Waals surface area contributed by atoms with Gasteiger partial charge in [0.05, 0.1) is 28.0 Å². The Balaban J connectivity index is 2.25. The van der Waals surface area contributed by atoms with Crippen molar-refractivity contribution in [3.8, 4) is 0 Å². The zero-order chi connectivity index (χ0) is 14.7. The molecule has 0 aliphatic carbocycles. The van der Waals surface area contributed by atoms with E-state index < -0.39 is 11.9 Å². The van der Waals surface area contributed by atoms with Crippen LogP contribution in [0.1, 0.15) is 20.7 Å². The number of carbonyl (C=O) groups excluding carboxylic acids is 1. The number of amides is 1. The smallest absolute Gasteiger partial charge is 0.337 e. The highest BCUT2D eigenvalue weighted by molar-refractivity contribution is 6.35. The average Bonchev–Trinajstić information content (AvgIpc) is 2.41. The maximum atomic E-state index is 12.0. The molecule has 0 saturated heterocycles. The van der Waals surface area contributed by atoms with Gasteiger partial charge in [0.1, 0.15) is 5.15 Å². The van der Waals surface area contributed by atoms with Gasteiger partial charge in [0, 0.05) is 12.4 Å². The number of pyridine rings is 2. The predicted octanol–water partition coefficient (Wildman–Crippen LogP) is 2.73. The number of anilines is 1. The third-order valence-corrected chi connectivity index (χ3v) is 2.82. The highest BCUT2D eigenvalue weighted by Crippen LogP contribution is 2.19. The standard InChI is InChI=1S/C12H7Cl2N3O3/c13-9-5-16-10(14)2-8(9)11(18)17-7-1-6(12(19)20)3-15-4-7/h1-5H,(H,17,18)(H,19,20). The van der Waals surface area contributed by atoms with Crippen LogP contribution in [-0.2, 0) is 0 Å². The van der Waals surface area contributed by atoms with Gasteiger partial charge in [0.25, 0.3) is 5.91 Å². The molecule has 2 rings (SSSR count). The van der Waals surface area contributed by atoms with Crippen LogP contribution in [0.3, 0.4) is 0 Å². The van der Waals surface area contributed by atoms with Crippen LogP contribution in [0.2, 0.25) is 10.2 Å². The molecule has 2 aromatic rings. The first-order valence-corrected chi connectivity index (χ1v) is 6.03. The number of hydrogen-bond donors (Lipinski definition) is 2. The number of aromatic carboxylic acids is 1. The van der Waals surface area contributed by atoms with E-state index in [-0.39, 0.29) is 27.0 Å². The molecule has 6 nitrogen and oxygen atoms in total. The Bertz CT molecular complexity index is 691. The number of halogens is 2. The van der Waals surface area contributed by atoms with Crippen molar-refractivity contribution in [2.45, 2.75) is 0 Å². The fourth-order valence-electron chi connectivity index (χ4n) is 1.41. The SMILES string of the molecule is O=C(O)c1cncc(NC(=O)c2cc(Cl)ncc2Cl)c1. The summed E-state index contributed by atoms with van der Waals surface area (Å²) in [4.78, 5) is 30.3. The molecule has 0 bridgehead atoms. The Morgan fingerprint density at radius 1 is 1.15 bits per heavy atom. The van der Waals surface area contributed by atoms with E-state index in [1.54, 1.807) is 0 Å². The topological polar surface area (TPSA) is 92.2 Å². The lowest BCUT2D eigenvalue weighted by Gasteiger charge is -2.07. The molecule has 2 heterocycles. The molecule has 0 aliphatic rings. The fourth-order valence-corrected chi connectivity index (χ4v) is 1.76. The maximum Gasteiger partial charge on any atom is 0.337 e. The van der Waals surface area contributed by atoms with E-state index in [1.807, 2.05) is 0 Å². The van der Waals surface area contributed by atoms with E-state index in [2.05, 4.69) is 15.3 Å². The van der Waals surface area contributed by atoms with Gasteiger partial charge in [-0.25, -0.2) is 9.78 Å². The van der Waals surface area contributed by atoms with Crippen LogP contribution >= 0.6 is 23.2 Å². The third-order valence-electron chi connectivity index (χ3n) is 2.31. The minimum Gasteiger partial charge on any atom is -0.478 e. The molecule has 2 aromatic heterocycles. The molecule has 0 fully saturated rings. The first-order chi connectivity index (χ1) is 9.47. The summed E-state index contributed by atoms with van der Waals surface area (Å²) in [6.07, 6.45) is 3.75. The summed E-state index contributed by atoms with van der Waals surface area (Å²) in [7, 11) is 0. The van der Waals surface area contributed by atoms with Crippen LogP contribution < -0.4 is 5.32 Å². The minimum absolute atomic E-state index is 0.0401. The Morgan fingerprint density at radius 2 is 1.90 bits per heavy atom. The first-order valence-electron chi connectivity index (χ1n) is 5.28. The van der Waals surface area contributed by atoms with Crippen LogP contribution in [-0.4, -0.2) is 27.0 Å². The van der Waals surface area contributed by atoms with Crippen molar-refractivity contribution in [1.29, 1.82) is 0 Å². The zero-order valence-electron chi connectivity index (χ0n) is 9.80. The van der Waals surface area contributed by atoms with Crippen molar-refractivity contribution >= 4 is 40.8 Å². The van der Waals surface area contributed by atoms with E-state index in [0.717, 1.165) is 0 Å². The van der Waals surface area contributed by atoms with Gasteiger partial charge in [-0.1, -0.05) is 23.2 Å². The third kappa shape index (κ3) is 3.23. The lowest BCUT2D eigenvalue weighted by Crippen LogP contribution is -2.13. The van der Waals surface area contributed by atoms with Crippen molar-refractivity contribution in [2.24, 2.45) is 0 Å². The van der Waals surface area contributed by atoms with E-state index >= 15 is 0 Å². The van der Waals surface area contributed by atoms with E-state index in [1.165, 1.54) is 30.7 Å². The summed E-state index contributed by atoms with van der Waals surface area (Å²) in [5.74, 6) is -1.68. The van der Waals surface area contributed by atoms with Gasteiger partial charge in [-0.05, 0) is 12.1 Å². The Morgan fingerprint density at radius 3 is 2.60 bits per heavy atom. The maximum absolute atomic E-state index is 12.0. The average molecular weight is 312 g/mol. The van der Waals surface area contributed by atoms with Gasteiger partial charge < -0.3 is 10.4 Å². The van der Waals surface area contributed by atoms with Gasteiger partial charge in [0.15, 0.2) is 0 Å². The van der Waals surface area contributed by atoms with Crippen molar-refractivity contribution in [1.82, 2.24) is 9.97 Å². The summed E-state index contributed by atoms with van der Waals surface area (Å²) < 4.78 is 0. The fraction of sp³-hybridized carbons (Fsp3) is 0. The van der Waals surface area contributed by atoms with Gasteiger partial charge in [-0.2, -0.15) is 0 Å². The zero-order valence-corrected chi connectivity index (χ0v) is 11.3. The number of nitrogens with one attached hydrogen (secondary N) is 1. The minimum atomic E-state index is -1.14. The number of carboxylic acids is 1. The van der Waals surface area contributed by atoms with Crippen LogP contribution in [0, 0.1) is 0 Å². The van der Waals surface area contributed by atoms with Crippen molar-refractivity contribution < 1.29 is 14.7 Å². The number of carboxylic acid groups (broad SMARTS) is 1. The summed E-state index contributed by atoms with van der Waals surface area (Å²) in [5.41, 5.74) is 0.327. The Hall–Kier alpha value is -2.18. The molecule has 0 aromatic carbocycles. The largest absolute Gasteiger partial charge is 0.478 e. The second-order valence-corrected chi connectivity index (χ2v) is 4.50. The molecule has 20 heavy (non-hydrogen) atoms. The molecule has 0 atom stereocenters. The van der Waals surface area contributed by atoms with Crippen LogP contribution in [0.5, 0.6) is 0 Å². The number of nitrogens with zero attached hydrogens (tertiary/aromatic N) is 2. The van der Waals surface area contributed by atoms with Crippen LogP contribution in [0.25, 0.3) is 0 Å². The monoisotopic (exact) mass is 311 g/mol. The van der Waals surface area contributed by atoms with Crippen molar-refractivity contribution in [3.05, 3.63) is 52.0 Å². The molecule has 2 N–H and O–H groups in total. The Labute approximate surface area is 123 Å². The molecule has 0 radical (unpaired) electrons. The molecule has 0 aliphatic heterocycles. The van der Waals surface area contributed by atoms with Crippen molar-refractivity contribution in [3.63, 3.8) is 0 Å². The summed E-state index contributed by atoms with van der Waals surface area (Å²) in [5, 5.41) is 11.6. The molecule has 1 amide bonds. The normalized spacial score (nSPS) is 10.1. The van der Waals surface area contributed by atoms with E-state index in [4.69, 9.17) is 28.3 Å². The first kappa shape index (κ1) is 14.2. The molecule has 0 unspecified atom stereocenters. The number of aromatic nitrogens is 2. The van der Waals surface area contributed by atoms with Crippen molar-refractivity contribution in [2.75, 3.05) is 5.32 Å². The summed E-state index contributed by atoms with van der Waals surface area (Å²) in [6.45, 7) is 0. The van der Waals surface area contributed by atoms with Crippen LogP contribution in [0.4, 0.5) is 5.69 Å². The lowest BCUT2D eigenvalue weighted by molar-refractivity contribution is 0.0696. The van der Waals surface area contributed by atoms with E-state index in [9.17, 15) is 9.59 Å². The van der Waals surface area contributed by atoms with Gasteiger partial charge in [-0.15, -0.1) is 0 Å². The molecular formula is C12H7Cl2N3O3. The summed E-state index contributed by atoms with van der Waals surface area (Å²) in [6, 6.07) is 2.59. The second kappa shape index (κ2) is 5.85. The number of hydrogen-bond acceptors (Lipinski definition) is 4. The van der Waals surface area contributed by atoms with E-state index in [0.29, 0.717) is 0 Å². The van der Waals surface area contributed by atoms with Crippen LogP contribution in [0.15, 0.2) is 30.7 Å². The molecule has 0 spiro atoms. The Kier molecular flexibility index (Phi) is 4.16. The summed E-state index contributed by atoms with van der Waals surface area (Å²) >= 11 is 11.5. The molecule has 8 heteroatoms. The van der Waals surface area contributed by atoms with Gasteiger partial charge in [0.2, 0.25) is 0 Å². The number of rotatable bonds is 3. The van der Waals surface area contributed by atoms with Gasteiger partial charge in [-0.3, -0.25) is 9.78 Å². The highest BCUT2D eigenvalue weighted by Gasteiger charge is 2.13. The highest BCUT2D eigenvalue weighted by atomic mass is 35.5. The number of carbonyl (C=O) groups is 2. The second-order valence-electron chi connectivity index (χ2n) is 3.71. The lowest BCUT2D eigenvalue weighted by atomic mass is 10.2. The molecule has 0 saturated carbocycles. The van der Waals surface area contributed by atoms with Gasteiger partial charge >= 0.3 is 5.97 Å².